The van der Waals surface area contributed by atoms with E-state index in [1.165, 1.54) is 0 Å². The number of carbonyl (C=O) groups excluding carboxylic acids is 1. The Morgan fingerprint density at radius 1 is 1.07 bits per heavy atom. The Labute approximate surface area is 176 Å². The molecule has 1 aromatic carbocycles. The van der Waals surface area contributed by atoms with Crippen LogP contribution in [0, 0.1) is 16.7 Å². The number of hydrogen-bond acceptors (Lipinski definition) is 4. The first kappa shape index (κ1) is 20.2. The number of fused-ring (bicyclic) bond motifs is 1. The van der Waals surface area contributed by atoms with Crippen LogP contribution in [-0.4, -0.2) is 22.5 Å². The predicted octanol–water partition coefficient (Wildman–Crippen LogP) is 3.87. The number of aromatic nitrogens is 1. The summed E-state index contributed by atoms with van der Waals surface area (Å²) in [5.41, 5.74) is 2.41. The van der Waals surface area contributed by atoms with Gasteiger partial charge in [0, 0.05) is 12.0 Å². The molecule has 7 heteroatoms. The van der Waals surface area contributed by atoms with Gasteiger partial charge in [-0.25, -0.2) is 4.79 Å². The molecule has 0 bridgehead atoms. The highest BCUT2D eigenvalue weighted by Crippen LogP contribution is 2.38. The van der Waals surface area contributed by atoms with Crippen LogP contribution in [0.15, 0.2) is 42.6 Å². The van der Waals surface area contributed by atoms with Crippen molar-refractivity contribution >= 4 is 11.9 Å². The first-order valence-corrected chi connectivity index (χ1v) is 10.6. The fraction of sp³-hybridized carbons (Fsp3) is 0.435. The standard InChI is InChI=1S/C23H29N5O2/c1-14(2)22(25)28-13-16(9-12-21(28)24)30-20-11-10-19(17-5-3-4-6-18(17)20)27-23(29)26-15-7-8-15/h3-6,9,12-15,19-20,24-25H,7-8,10-11H2,1-2H3,(H2,26,27,29). The van der Waals surface area contributed by atoms with Crippen molar-refractivity contribution in [2.45, 2.75) is 57.7 Å². The SMILES string of the molecule is CC(C)C(=N)n1cc(OC2CCC(NC(=O)NC3CC3)c3ccccc32)ccc1=N. The smallest absolute Gasteiger partial charge is 0.315 e. The molecule has 2 aliphatic carbocycles. The molecule has 1 aromatic heterocycles. The van der Waals surface area contributed by atoms with Crippen LogP contribution in [0.3, 0.4) is 0 Å². The monoisotopic (exact) mass is 407 g/mol. The van der Waals surface area contributed by atoms with Crippen molar-refractivity contribution in [3.63, 3.8) is 0 Å². The van der Waals surface area contributed by atoms with E-state index in [-0.39, 0.29) is 29.6 Å². The zero-order valence-electron chi connectivity index (χ0n) is 17.4. The molecule has 0 saturated heterocycles. The third-order valence-electron chi connectivity index (χ3n) is 5.66. The largest absolute Gasteiger partial charge is 0.484 e. The Bertz CT molecular complexity index is 1010. The van der Waals surface area contributed by atoms with Crippen molar-refractivity contribution in [2.75, 3.05) is 0 Å². The van der Waals surface area contributed by atoms with Crippen LogP contribution < -0.4 is 20.9 Å². The van der Waals surface area contributed by atoms with Crippen LogP contribution in [0.1, 0.15) is 62.8 Å². The van der Waals surface area contributed by atoms with Crippen LogP contribution in [0.25, 0.3) is 0 Å². The van der Waals surface area contributed by atoms with Gasteiger partial charge in [0.05, 0.1) is 12.2 Å². The number of amides is 2. The van der Waals surface area contributed by atoms with Crippen LogP contribution in [0.4, 0.5) is 4.79 Å². The number of rotatable bonds is 5. The Morgan fingerprint density at radius 3 is 2.50 bits per heavy atom. The Balaban J connectivity index is 1.53. The summed E-state index contributed by atoms with van der Waals surface area (Å²) in [6.45, 7) is 3.87. The van der Waals surface area contributed by atoms with Gasteiger partial charge in [0.15, 0.2) is 0 Å². The summed E-state index contributed by atoms with van der Waals surface area (Å²) in [6, 6.07) is 11.7. The highest BCUT2D eigenvalue weighted by Gasteiger charge is 2.30. The molecule has 158 valence electrons. The highest BCUT2D eigenvalue weighted by molar-refractivity contribution is 5.83. The average Bonchev–Trinajstić information content (AvgIpc) is 3.54. The van der Waals surface area contributed by atoms with Crippen LogP contribution in [0.2, 0.25) is 0 Å². The normalized spacial score (nSPS) is 20.4. The molecular weight excluding hydrogens is 378 g/mol. The predicted molar refractivity (Wildman–Crippen MR) is 115 cm³/mol. The lowest BCUT2D eigenvalue weighted by atomic mass is 9.85. The van der Waals surface area contributed by atoms with Crippen LogP contribution in [-0.2, 0) is 0 Å². The number of pyridine rings is 1. The van der Waals surface area contributed by atoms with Gasteiger partial charge in [-0.15, -0.1) is 0 Å². The minimum atomic E-state index is -0.135. The second-order valence-electron chi connectivity index (χ2n) is 8.42. The van der Waals surface area contributed by atoms with Crippen molar-refractivity contribution in [2.24, 2.45) is 5.92 Å². The summed E-state index contributed by atoms with van der Waals surface area (Å²) in [4.78, 5) is 12.2. The van der Waals surface area contributed by atoms with Gasteiger partial charge in [0.1, 0.15) is 23.2 Å². The molecule has 2 unspecified atom stereocenters. The Hall–Kier alpha value is -3.09. The molecule has 0 aliphatic heterocycles. The van der Waals surface area contributed by atoms with E-state index in [4.69, 9.17) is 15.6 Å². The molecule has 7 nitrogen and oxygen atoms in total. The van der Waals surface area contributed by atoms with Crippen molar-refractivity contribution in [3.8, 4) is 5.75 Å². The van der Waals surface area contributed by atoms with Crippen molar-refractivity contribution < 1.29 is 9.53 Å². The molecule has 2 aromatic rings. The minimum absolute atomic E-state index is 0.0124. The molecular formula is C23H29N5O2. The third-order valence-corrected chi connectivity index (χ3v) is 5.66. The summed E-state index contributed by atoms with van der Waals surface area (Å²) >= 11 is 0. The van der Waals surface area contributed by atoms with E-state index < -0.39 is 0 Å². The van der Waals surface area contributed by atoms with E-state index in [1.54, 1.807) is 22.9 Å². The lowest BCUT2D eigenvalue weighted by Crippen LogP contribution is -2.40. The first-order valence-electron chi connectivity index (χ1n) is 10.6. The maximum Gasteiger partial charge on any atom is 0.315 e. The molecule has 4 N–H and O–H groups in total. The second kappa shape index (κ2) is 8.34. The van der Waals surface area contributed by atoms with E-state index in [9.17, 15) is 4.79 Å². The number of urea groups is 1. The van der Waals surface area contributed by atoms with E-state index >= 15 is 0 Å². The van der Waals surface area contributed by atoms with Gasteiger partial charge in [-0.05, 0) is 48.9 Å². The molecule has 2 atom stereocenters. The maximum absolute atomic E-state index is 12.2. The van der Waals surface area contributed by atoms with E-state index in [0.717, 1.165) is 36.8 Å². The van der Waals surface area contributed by atoms with Gasteiger partial charge in [-0.2, -0.15) is 0 Å². The number of benzene rings is 1. The highest BCUT2D eigenvalue weighted by atomic mass is 16.5. The molecule has 2 amide bonds. The van der Waals surface area contributed by atoms with E-state index in [0.29, 0.717) is 17.6 Å². The zero-order valence-corrected chi connectivity index (χ0v) is 17.4. The first-order chi connectivity index (χ1) is 14.4. The van der Waals surface area contributed by atoms with Gasteiger partial charge in [-0.3, -0.25) is 15.4 Å². The van der Waals surface area contributed by atoms with Gasteiger partial charge in [0.2, 0.25) is 0 Å². The summed E-state index contributed by atoms with van der Waals surface area (Å²) in [5.74, 6) is 1.01. The van der Waals surface area contributed by atoms with Crippen LogP contribution >= 0.6 is 0 Å². The number of hydrogen-bond donors (Lipinski definition) is 4. The molecule has 4 rings (SSSR count). The molecule has 30 heavy (non-hydrogen) atoms. The van der Waals surface area contributed by atoms with Crippen molar-refractivity contribution in [1.82, 2.24) is 15.2 Å². The molecule has 0 spiro atoms. The Morgan fingerprint density at radius 2 is 1.80 bits per heavy atom. The summed E-state index contributed by atoms with van der Waals surface area (Å²) in [5, 5.41) is 22.4. The van der Waals surface area contributed by atoms with Crippen LogP contribution in [0.5, 0.6) is 5.75 Å². The number of nitrogens with zero attached hydrogens (tertiary/aromatic N) is 1. The third kappa shape index (κ3) is 4.40. The van der Waals surface area contributed by atoms with Crippen molar-refractivity contribution in [1.29, 1.82) is 10.8 Å². The van der Waals surface area contributed by atoms with Gasteiger partial charge in [-0.1, -0.05) is 38.1 Å². The molecule has 0 radical (unpaired) electrons. The lowest BCUT2D eigenvalue weighted by molar-refractivity contribution is 0.170. The fourth-order valence-corrected chi connectivity index (χ4v) is 3.83. The molecule has 1 fully saturated rings. The maximum atomic E-state index is 12.2. The van der Waals surface area contributed by atoms with Crippen molar-refractivity contribution in [3.05, 3.63) is 59.2 Å². The Kier molecular flexibility index (Phi) is 5.61. The zero-order chi connectivity index (χ0) is 21.3. The second-order valence-corrected chi connectivity index (χ2v) is 8.42. The van der Waals surface area contributed by atoms with E-state index in [2.05, 4.69) is 22.8 Å². The minimum Gasteiger partial charge on any atom is -0.484 e. The molecule has 2 aliphatic rings. The summed E-state index contributed by atoms with van der Waals surface area (Å²) in [6.07, 6.45) is 5.28. The average molecular weight is 408 g/mol. The van der Waals surface area contributed by atoms with Gasteiger partial charge >= 0.3 is 6.03 Å². The summed E-state index contributed by atoms with van der Waals surface area (Å²) in [7, 11) is 0. The van der Waals surface area contributed by atoms with Gasteiger partial charge < -0.3 is 15.4 Å². The van der Waals surface area contributed by atoms with Gasteiger partial charge in [0.25, 0.3) is 0 Å². The summed E-state index contributed by atoms with van der Waals surface area (Å²) < 4.78 is 7.86. The molecule has 1 saturated carbocycles. The number of ether oxygens (including phenoxy) is 1. The number of carbonyl (C=O) groups is 1. The fourth-order valence-electron chi connectivity index (χ4n) is 3.83. The number of nitrogens with one attached hydrogen (secondary N) is 4. The molecule has 1 heterocycles. The topological polar surface area (TPSA) is 103 Å². The van der Waals surface area contributed by atoms with E-state index in [1.807, 2.05) is 26.0 Å². The lowest BCUT2D eigenvalue weighted by Gasteiger charge is -2.32. The quantitative estimate of drug-likeness (QED) is 0.446.